The van der Waals surface area contributed by atoms with Gasteiger partial charge in [-0.25, -0.2) is 4.79 Å². The Morgan fingerprint density at radius 2 is 1.84 bits per heavy atom. The van der Waals surface area contributed by atoms with Crippen molar-refractivity contribution in [3.05, 3.63) is 69.6 Å². The highest BCUT2D eigenvalue weighted by molar-refractivity contribution is 6.30. The van der Waals surface area contributed by atoms with Crippen LogP contribution in [0, 0.1) is 5.92 Å². The van der Waals surface area contributed by atoms with Crippen molar-refractivity contribution >= 4 is 11.6 Å². The lowest BCUT2D eigenvalue weighted by Crippen LogP contribution is -2.26. The molecule has 3 aromatic heterocycles. The number of imidazole rings is 1. The summed E-state index contributed by atoms with van der Waals surface area (Å²) in [5.41, 5.74) is 4.81. The Balaban J connectivity index is 1.39. The molecule has 0 aliphatic heterocycles. The first-order chi connectivity index (χ1) is 18.7. The summed E-state index contributed by atoms with van der Waals surface area (Å²) in [4.78, 5) is 17.9. The smallest absolute Gasteiger partial charge is 0.290 e. The van der Waals surface area contributed by atoms with Crippen LogP contribution in [-0.2, 0) is 19.5 Å². The highest BCUT2D eigenvalue weighted by atomic mass is 35.5. The lowest BCUT2D eigenvalue weighted by molar-refractivity contribution is 0.322. The zero-order valence-electron chi connectivity index (χ0n) is 22.1. The number of unbranched alkanes of at least 4 members (excludes halogenated alkanes) is 2. The number of nitrogens with one attached hydrogen (secondary N) is 1. The molecule has 3 heterocycles. The molecule has 1 saturated carbocycles. The number of tetrazole rings is 1. The quantitative estimate of drug-likeness (QED) is 0.228. The van der Waals surface area contributed by atoms with Crippen LogP contribution in [-0.4, -0.2) is 34.7 Å². The Morgan fingerprint density at radius 3 is 2.58 bits per heavy atom. The summed E-state index contributed by atoms with van der Waals surface area (Å²) in [6.07, 6.45) is 15.2. The zero-order chi connectivity index (χ0) is 26.3. The molecule has 9 heteroatoms. The van der Waals surface area contributed by atoms with E-state index in [1.807, 2.05) is 21.4 Å². The van der Waals surface area contributed by atoms with Crippen LogP contribution in [0.15, 0.2) is 47.5 Å². The zero-order valence-corrected chi connectivity index (χ0v) is 22.8. The maximum Gasteiger partial charge on any atom is 0.329 e. The maximum absolute atomic E-state index is 13.6. The number of benzene rings is 1. The van der Waals surface area contributed by atoms with E-state index in [1.165, 1.54) is 32.1 Å². The molecule has 1 aliphatic carbocycles. The molecule has 0 spiro atoms. The van der Waals surface area contributed by atoms with Crippen LogP contribution in [0.4, 0.5) is 0 Å². The molecule has 0 bridgehead atoms. The van der Waals surface area contributed by atoms with Crippen LogP contribution in [0.3, 0.4) is 0 Å². The molecule has 0 atom stereocenters. The highest BCUT2D eigenvalue weighted by Gasteiger charge is 2.21. The molecular formula is C29H36ClN7O. The van der Waals surface area contributed by atoms with Gasteiger partial charge in [0.1, 0.15) is 5.15 Å². The average Bonchev–Trinajstić information content (AvgIpc) is 3.57. The van der Waals surface area contributed by atoms with Gasteiger partial charge in [0.25, 0.3) is 0 Å². The van der Waals surface area contributed by atoms with Gasteiger partial charge in [-0.2, -0.15) is 5.21 Å². The molecule has 0 radical (unpaired) electrons. The van der Waals surface area contributed by atoms with Crippen LogP contribution in [0.2, 0.25) is 5.15 Å². The van der Waals surface area contributed by atoms with E-state index in [1.54, 1.807) is 6.20 Å². The van der Waals surface area contributed by atoms with Crippen LogP contribution < -0.4 is 5.69 Å². The standard InChI is InChI=1S/C29H36ClN7O/c1-2-3-5-10-26-27(30)36(18-16-21-8-6-4-7-9-21)29(38)37(26)20-22-11-13-23(14-12-22)25-19-31-17-15-24(25)28-32-34-35-33-28/h11-15,17,19,21H,2-10,16,18,20H2,1H3,(H,32,33,34,35). The third-order valence-corrected chi connectivity index (χ3v) is 8.20. The lowest BCUT2D eigenvalue weighted by Gasteiger charge is -2.21. The monoisotopic (exact) mass is 533 g/mol. The van der Waals surface area contributed by atoms with Gasteiger partial charge >= 0.3 is 5.69 Å². The molecular weight excluding hydrogens is 498 g/mol. The second kappa shape index (κ2) is 12.5. The van der Waals surface area contributed by atoms with Gasteiger partial charge in [0.05, 0.1) is 12.2 Å². The van der Waals surface area contributed by atoms with E-state index in [-0.39, 0.29) is 5.69 Å². The van der Waals surface area contributed by atoms with Crippen LogP contribution in [0.25, 0.3) is 22.5 Å². The second-order valence-electron chi connectivity index (χ2n) is 10.4. The van der Waals surface area contributed by atoms with Gasteiger partial charge in [0.2, 0.25) is 5.82 Å². The Morgan fingerprint density at radius 1 is 1.03 bits per heavy atom. The predicted molar refractivity (Wildman–Crippen MR) is 150 cm³/mol. The van der Waals surface area contributed by atoms with Gasteiger partial charge < -0.3 is 0 Å². The number of nitrogens with zero attached hydrogens (tertiary/aromatic N) is 6. The molecule has 4 aromatic rings. The van der Waals surface area contributed by atoms with Gasteiger partial charge in [0.15, 0.2) is 0 Å². The predicted octanol–water partition coefficient (Wildman–Crippen LogP) is 6.30. The molecule has 0 amide bonds. The minimum absolute atomic E-state index is 0.00744. The Bertz CT molecular complexity index is 1370. The molecule has 1 aliphatic rings. The van der Waals surface area contributed by atoms with Crippen LogP contribution in [0.1, 0.15) is 76.0 Å². The number of hydrogen-bond acceptors (Lipinski definition) is 5. The molecule has 1 aromatic carbocycles. The number of aromatic amines is 1. The first kappa shape index (κ1) is 26.4. The summed E-state index contributed by atoms with van der Waals surface area (Å²) >= 11 is 6.88. The number of halogens is 1. The van der Waals surface area contributed by atoms with Crippen LogP contribution >= 0.6 is 11.6 Å². The van der Waals surface area contributed by atoms with Gasteiger partial charge in [-0.3, -0.25) is 14.1 Å². The van der Waals surface area contributed by atoms with E-state index >= 15 is 0 Å². The van der Waals surface area contributed by atoms with E-state index in [4.69, 9.17) is 11.6 Å². The van der Waals surface area contributed by atoms with Crippen molar-refractivity contribution in [2.24, 2.45) is 5.92 Å². The van der Waals surface area contributed by atoms with Crippen molar-refractivity contribution in [2.75, 3.05) is 0 Å². The SMILES string of the molecule is CCCCCc1c(Cl)n(CCC2CCCCC2)c(=O)n1Cc1ccc(-c2cnccc2-c2nn[nH]n2)cc1. The molecule has 200 valence electrons. The van der Waals surface area contributed by atoms with E-state index in [2.05, 4.69) is 56.8 Å². The van der Waals surface area contributed by atoms with E-state index < -0.39 is 0 Å². The fraction of sp³-hybridized carbons (Fsp3) is 0.483. The van der Waals surface area contributed by atoms with E-state index in [9.17, 15) is 4.79 Å². The molecule has 0 unspecified atom stereocenters. The Kier molecular flexibility index (Phi) is 8.68. The molecule has 5 rings (SSSR count). The van der Waals surface area contributed by atoms with Gasteiger partial charge in [-0.15, -0.1) is 10.2 Å². The van der Waals surface area contributed by atoms with Crippen molar-refractivity contribution in [3.8, 4) is 22.5 Å². The topological polar surface area (TPSA) is 94.3 Å². The minimum atomic E-state index is 0.00744. The van der Waals surface area contributed by atoms with Gasteiger partial charge in [-0.05, 0) is 47.6 Å². The summed E-state index contributed by atoms with van der Waals surface area (Å²) in [6, 6.07) is 10.1. The number of H-pyrrole nitrogens is 1. The highest BCUT2D eigenvalue weighted by Crippen LogP contribution is 2.30. The Labute approximate surface area is 228 Å². The third-order valence-electron chi connectivity index (χ3n) is 7.78. The summed E-state index contributed by atoms with van der Waals surface area (Å²) in [6.45, 7) is 3.40. The number of pyridine rings is 1. The summed E-state index contributed by atoms with van der Waals surface area (Å²) in [5.74, 6) is 1.23. The van der Waals surface area contributed by atoms with Crippen molar-refractivity contribution in [1.29, 1.82) is 0 Å². The summed E-state index contributed by atoms with van der Waals surface area (Å²) in [7, 11) is 0. The first-order valence-corrected chi connectivity index (χ1v) is 14.3. The van der Waals surface area contributed by atoms with Crippen LogP contribution in [0.5, 0.6) is 0 Å². The van der Waals surface area contributed by atoms with Gasteiger partial charge in [0, 0.05) is 30.1 Å². The normalized spacial score (nSPS) is 14.3. The number of hydrogen-bond donors (Lipinski definition) is 1. The lowest BCUT2D eigenvalue weighted by atomic mass is 9.87. The Hall–Kier alpha value is -3.26. The maximum atomic E-state index is 13.6. The fourth-order valence-electron chi connectivity index (χ4n) is 5.60. The van der Waals surface area contributed by atoms with Crippen molar-refractivity contribution in [1.82, 2.24) is 34.7 Å². The second-order valence-corrected chi connectivity index (χ2v) is 10.7. The van der Waals surface area contributed by atoms with E-state index in [0.717, 1.165) is 60.1 Å². The first-order valence-electron chi connectivity index (χ1n) is 13.9. The van der Waals surface area contributed by atoms with Crippen molar-refractivity contribution < 1.29 is 0 Å². The molecule has 1 N–H and O–H groups in total. The van der Waals surface area contributed by atoms with Gasteiger partial charge in [-0.1, -0.05) is 87.7 Å². The molecule has 8 nitrogen and oxygen atoms in total. The summed E-state index contributed by atoms with van der Waals surface area (Å²) < 4.78 is 3.71. The van der Waals surface area contributed by atoms with E-state index in [0.29, 0.717) is 30.0 Å². The average molecular weight is 534 g/mol. The fourth-order valence-corrected chi connectivity index (χ4v) is 5.96. The number of aromatic nitrogens is 7. The van der Waals surface area contributed by atoms with Crippen molar-refractivity contribution in [3.63, 3.8) is 0 Å². The molecule has 0 saturated heterocycles. The minimum Gasteiger partial charge on any atom is -0.290 e. The molecule has 38 heavy (non-hydrogen) atoms. The molecule has 1 fully saturated rings. The number of rotatable bonds is 11. The third kappa shape index (κ3) is 5.90. The summed E-state index contributed by atoms with van der Waals surface area (Å²) in [5, 5.41) is 15.1. The largest absolute Gasteiger partial charge is 0.329 e. The van der Waals surface area contributed by atoms with Crippen molar-refractivity contribution in [2.45, 2.75) is 84.2 Å².